The van der Waals surface area contributed by atoms with Crippen LogP contribution in [0.25, 0.3) is 0 Å². The van der Waals surface area contributed by atoms with Gasteiger partial charge in [-0.25, -0.2) is 4.79 Å². The minimum absolute atomic E-state index is 0.602. The van der Waals surface area contributed by atoms with Gasteiger partial charge in [0.15, 0.2) is 0 Å². The Labute approximate surface area is 103 Å². The molecule has 0 saturated heterocycles. The number of ether oxygens (including phenoxy) is 1. The van der Waals surface area contributed by atoms with Crippen molar-refractivity contribution in [3.05, 3.63) is 11.6 Å². The highest BCUT2D eigenvalue weighted by atomic mass is 16.6. The summed E-state index contributed by atoms with van der Waals surface area (Å²) in [5, 5.41) is 2.21. The summed E-state index contributed by atoms with van der Waals surface area (Å²) in [6.07, 6.45) is -6.51. The van der Waals surface area contributed by atoms with E-state index in [0.29, 0.717) is 0 Å². The summed E-state index contributed by atoms with van der Waals surface area (Å²) < 4.78 is 66.5. The molecule has 0 radical (unpaired) electrons. The molecule has 0 aliphatic heterocycles. The van der Waals surface area contributed by atoms with Gasteiger partial charge in [0.25, 0.3) is 0 Å². The lowest BCUT2D eigenvalue weighted by atomic mass is 9.96. The van der Waals surface area contributed by atoms with E-state index >= 15 is 0 Å². The molecule has 0 spiro atoms. The van der Waals surface area contributed by atoms with E-state index in [2.05, 4.69) is 5.32 Å². The number of rotatable bonds is 1. The Kier molecular flexibility index (Phi) is 1.53. The largest absolute Gasteiger partial charge is 0.444 e. The van der Waals surface area contributed by atoms with Gasteiger partial charge < -0.3 is 10.1 Å². The molecular formula is C12H21NO2. The molecule has 0 aromatic rings. The lowest BCUT2D eigenvalue weighted by Gasteiger charge is -2.25. The zero-order valence-corrected chi connectivity index (χ0v) is 9.10. The Hall–Kier alpha value is -0.990. The molecule has 1 amide bonds. The molecule has 1 aliphatic carbocycles. The summed E-state index contributed by atoms with van der Waals surface area (Å²) in [6.45, 7) is 1.92. The first-order valence-electron chi connectivity index (χ1n) is 8.70. The van der Waals surface area contributed by atoms with E-state index in [-0.39, 0.29) is 0 Å². The first-order chi connectivity index (χ1) is 9.98. The van der Waals surface area contributed by atoms with E-state index in [1.807, 2.05) is 0 Å². The van der Waals surface area contributed by atoms with E-state index in [1.165, 1.54) is 0 Å². The highest BCUT2D eigenvalue weighted by Gasteiger charge is 2.20. The molecule has 0 saturated carbocycles. The molecule has 0 unspecified atom stereocenters. The van der Waals surface area contributed by atoms with Crippen molar-refractivity contribution in [3.8, 4) is 0 Å². The lowest BCUT2D eigenvalue weighted by molar-refractivity contribution is 0.0501. The molecule has 1 N–H and O–H groups in total. The van der Waals surface area contributed by atoms with Crippen molar-refractivity contribution in [2.75, 3.05) is 0 Å². The van der Waals surface area contributed by atoms with E-state index in [9.17, 15) is 4.79 Å². The van der Waals surface area contributed by atoms with Gasteiger partial charge in [-0.3, -0.25) is 0 Å². The average molecular weight is 219 g/mol. The fraction of sp³-hybridized carbons (Fsp3) is 0.750. The Morgan fingerprint density at radius 2 is 2.53 bits per heavy atom. The van der Waals surface area contributed by atoms with Gasteiger partial charge in [-0.05, 0) is 46.8 Å². The number of hydrogen-bond donors (Lipinski definition) is 1. The van der Waals surface area contributed by atoms with Gasteiger partial charge in [0, 0.05) is 15.6 Å². The molecule has 1 rings (SSSR count). The second-order valence-corrected chi connectivity index (χ2v) is 4.22. The fourth-order valence-electron chi connectivity index (χ4n) is 0.996. The third-order valence-electron chi connectivity index (χ3n) is 1.55. The van der Waals surface area contributed by atoms with E-state index in [0.717, 1.165) is 0 Å². The predicted molar refractivity (Wildman–Crippen MR) is 60.8 cm³/mol. The number of carbonyl (C=O) groups excluding carboxylic acids is 1. The summed E-state index contributed by atoms with van der Waals surface area (Å²) in [5.74, 6) is 0. The van der Waals surface area contributed by atoms with Gasteiger partial charge in [-0.15, -0.1) is 0 Å². The van der Waals surface area contributed by atoms with Gasteiger partial charge in [-0.1, -0.05) is 11.6 Å². The molecular weight excluding hydrogens is 190 g/mol. The minimum Gasteiger partial charge on any atom is -0.444 e. The number of nitrogens with one attached hydrogen (secondary N) is 1. The maximum absolute atomic E-state index is 11.8. The first kappa shape index (κ1) is 4.89. The maximum Gasteiger partial charge on any atom is 0.407 e. The van der Waals surface area contributed by atoms with E-state index < -0.39 is 55.4 Å². The van der Waals surface area contributed by atoms with Crippen LogP contribution < -0.4 is 5.32 Å². The zero-order chi connectivity index (χ0) is 18.4. The van der Waals surface area contributed by atoms with Gasteiger partial charge in [0.05, 0.1) is 1.37 Å². The van der Waals surface area contributed by atoms with Crippen LogP contribution in [0.3, 0.4) is 0 Å². The van der Waals surface area contributed by atoms with Crippen LogP contribution >= 0.6 is 0 Å². The topological polar surface area (TPSA) is 38.3 Å². The standard InChI is InChI=1S/C12H21NO2/c1-9-5-7-10(8-6-9)13-11(14)15-12(2,3)4/h5,10H,6-8H2,1-4H3,(H,13,14)/t10-/m0/s1/i1D3,5D,6D2,7D2. The summed E-state index contributed by atoms with van der Waals surface area (Å²) in [7, 11) is 0. The molecule has 0 heterocycles. The van der Waals surface area contributed by atoms with Gasteiger partial charge in [-0.2, -0.15) is 0 Å². The van der Waals surface area contributed by atoms with Crippen molar-refractivity contribution < 1.29 is 20.5 Å². The quantitative estimate of drug-likeness (QED) is 0.688. The lowest BCUT2D eigenvalue weighted by Crippen LogP contribution is -2.39. The van der Waals surface area contributed by atoms with Crippen LogP contribution in [0.15, 0.2) is 11.6 Å². The second kappa shape index (κ2) is 4.69. The maximum atomic E-state index is 11.8. The molecule has 3 heteroatoms. The van der Waals surface area contributed by atoms with E-state index in [4.69, 9.17) is 15.7 Å². The first-order valence-corrected chi connectivity index (χ1v) is 4.70. The Bertz CT molecular complexity index is 518. The van der Waals surface area contributed by atoms with Crippen LogP contribution in [-0.4, -0.2) is 17.7 Å². The van der Waals surface area contributed by atoms with Crippen LogP contribution in [0.5, 0.6) is 0 Å². The summed E-state index contributed by atoms with van der Waals surface area (Å²) in [4.78, 5) is 11.8. The minimum atomic E-state index is -2.93. The number of allylic oxidation sites excluding steroid dienone is 1. The monoisotopic (exact) mass is 219 g/mol. The van der Waals surface area contributed by atoms with Crippen LogP contribution in [0.2, 0.25) is 0 Å². The van der Waals surface area contributed by atoms with Gasteiger partial charge >= 0.3 is 6.09 Å². The molecule has 0 aromatic carbocycles. The molecule has 3 nitrogen and oxygen atoms in total. The molecule has 86 valence electrons. The third kappa shape index (κ3) is 4.86. The molecule has 0 aromatic heterocycles. The van der Waals surface area contributed by atoms with Crippen molar-refractivity contribution in [2.45, 2.75) is 58.4 Å². The molecule has 15 heavy (non-hydrogen) atoms. The van der Waals surface area contributed by atoms with Crippen LogP contribution in [0, 0.1) is 0 Å². The SMILES string of the molecule is [2H]C1=C(C([2H])([2H])[2H])C([2H])([2H])C[C@@H](NC(=O)OC(C)(C)C)C1([2H])[2H]. The van der Waals surface area contributed by atoms with Crippen LogP contribution in [0.1, 0.15) is 57.8 Å². The van der Waals surface area contributed by atoms with Crippen molar-refractivity contribution in [1.29, 1.82) is 0 Å². The van der Waals surface area contributed by atoms with Gasteiger partial charge in [0.1, 0.15) is 5.60 Å². The van der Waals surface area contributed by atoms with Gasteiger partial charge in [0.2, 0.25) is 0 Å². The number of alkyl carbamates (subject to hydrolysis) is 1. The summed E-state index contributed by atoms with van der Waals surface area (Å²) in [6, 6.07) is -2.37. The molecule has 0 fully saturated rings. The Morgan fingerprint density at radius 1 is 1.80 bits per heavy atom. The highest BCUT2D eigenvalue weighted by Crippen LogP contribution is 2.17. The van der Waals surface area contributed by atoms with Crippen LogP contribution in [0.4, 0.5) is 4.79 Å². The fourth-order valence-corrected chi connectivity index (χ4v) is 0.996. The number of hydrogen-bond acceptors (Lipinski definition) is 2. The molecule has 1 aliphatic rings. The Morgan fingerprint density at radius 3 is 3.13 bits per heavy atom. The summed E-state index contributed by atoms with van der Waals surface area (Å²) >= 11 is 0. The number of carbonyl (C=O) groups is 1. The summed E-state index contributed by atoms with van der Waals surface area (Å²) in [5.41, 5.74) is -1.69. The predicted octanol–water partition coefficient (Wildman–Crippen LogP) is 3.01. The van der Waals surface area contributed by atoms with Crippen molar-refractivity contribution in [2.24, 2.45) is 0 Å². The second-order valence-electron chi connectivity index (χ2n) is 4.22. The Balaban J connectivity index is 3.17. The zero-order valence-electron chi connectivity index (χ0n) is 17.1. The normalized spacial score (nSPS) is 37.9. The molecule has 1 atom stereocenters. The average Bonchev–Trinajstić information content (AvgIpc) is 2.20. The smallest absolute Gasteiger partial charge is 0.407 e. The highest BCUT2D eigenvalue weighted by molar-refractivity contribution is 5.68. The third-order valence-corrected chi connectivity index (χ3v) is 1.55. The van der Waals surface area contributed by atoms with Crippen molar-refractivity contribution >= 4 is 6.09 Å². The van der Waals surface area contributed by atoms with Crippen molar-refractivity contribution in [3.63, 3.8) is 0 Å². The van der Waals surface area contributed by atoms with Crippen molar-refractivity contribution in [1.82, 2.24) is 5.32 Å². The molecule has 0 bridgehead atoms. The van der Waals surface area contributed by atoms with Crippen LogP contribution in [-0.2, 0) is 4.74 Å². The van der Waals surface area contributed by atoms with E-state index in [1.54, 1.807) is 20.8 Å². The number of amides is 1.